The second-order valence-electron chi connectivity index (χ2n) is 6.70. The molecule has 26 heavy (non-hydrogen) atoms. The quantitative estimate of drug-likeness (QED) is 0.714. The molecule has 0 aromatic carbocycles. The molecule has 6 heteroatoms. The predicted octanol–water partition coefficient (Wildman–Crippen LogP) is 4.83. The lowest BCUT2D eigenvalue weighted by atomic mass is 9.93. The highest BCUT2D eigenvalue weighted by molar-refractivity contribution is 6.31. The number of piperidine rings is 1. The minimum Gasteiger partial charge on any atom is -0.451 e. The maximum atomic E-state index is 6.34. The largest absolute Gasteiger partial charge is 0.451 e. The zero-order valence-corrected chi connectivity index (χ0v) is 15.4. The maximum absolute atomic E-state index is 6.34. The van der Waals surface area contributed by atoms with Gasteiger partial charge >= 0.3 is 0 Å². The van der Waals surface area contributed by atoms with Gasteiger partial charge in [0.1, 0.15) is 6.26 Å². The van der Waals surface area contributed by atoms with Gasteiger partial charge in [0.05, 0.1) is 28.1 Å². The molecule has 0 bridgehead atoms. The normalized spacial score (nSPS) is 21.5. The number of oxazole rings is 1. The molecule has 1 N–H and O–H groups in total. The average Bonchev–Trinajstić information content (AvgIpc) is 3.23. The van der Waals surface area contributed by atoms with Crippen LogP contribution in [0.4, 0.5) is 0 Å². The molecular weight excluding hydrogens is 348 g/mol. The Morgan fingerprint density at radius 3 is 2.81 bits per heavy atom. The van der Waals surface area contributed by atoms with Crippen LogP contribution in [0.1, 0.15) is 67.0 Å². The molecule has 1 aliphatic rings. The Bertz CT molecular complexity index is 868. The lowest BCUT2D eigenvalue weighted by molar-refractivity contribution is 0.321. The van der Waals surface area contributed by atoms with Gasteiger partial charge in [-0.15, -0.1) is 0 Å². The number of rotatable bonds is 4. The fourth-order valence-corrected chi connectivity index (χ4v) is 3.78. The van der Waals surface area contributed by atoms with Crippen LogP contribution in [0.3, 0.4) is 0 Å². The van der Waals surface area contributed by atoms with Gasteiger partial charge in [-0.3, -0.25) is 9.97 Å². The van der Waals surface area contributed by atoms with Gasteiger partial charge in [0.15, 0.2) is 6.39 Å². The van der Waals surface area contributed by atoms with Crippen molar-refractivity contribution < 1.29 is 4.42 Å². The second-order valence-corrected chi connectivity index (χ2v) is 7.10. The molecule has 3 aromatic rings. The van der Waals surface area contributed by atoms with Gasteiger partial charge < -0.3 is 9.73 Å². The summed E-state index contributed by atoms with van der Waals surface area (Å²) in [5, 5.41) is 4.40. The number of nitrogens with zero attached hydrogens (tertiary/aromatic N) is 3. The summed E-state index contributed by atoms with van der Waals surface area (Å²) in [6, 6.07) is 10.3. The van der Waals surface area contributed by atoms with Crippen molar-refractivity contribution in [2.75, 3.05) is 0 Å². The van der Waals surface area contributed by atoms with Crippen LogP contribution in [0, 0.1) is 0 Å². The summed E-state index contributed by atoms with van der Waals surface area (Å²) < 4.78 is 5.11. The van der Waals surface area contributed by atoms with Crippen LogP contribution in [0.25, 0.3) is 0 Å². The molecule has 1 unspecified atom stereocenters. The van der Waals surface area contributed by atoms with E-state index >= 15 is 0 Å². The van der Waals surface area contributed by atoms with Crippen LogP contribution >= 0.6 is 11.6 Å². The van der Waals surface area contributed by atoms with E-state index in [2.05, 4.69) is 34.3 Å². The van der Waals surface area contributed by atoms with Crippen LogP contribution in [-0.4, -0.2) is 15.0 Å². The van der Waals surface area contributed by atoms with Crippen molar-refractivity contribution in [3.63, 3.8) is 0 Å². The Morgan fingerprint density at radius 1 is 1.12 bits per heavy atom. The number of hydrogen-bond donors (Lipinski definition) is 1. The van der Waals surface area contributed by atoms with Gasteiger partial charge in [0.25, 0.3) is 0 Å². The SMILES string of the molecule is CC(c1cocn1)c1cccc([C@@H]2CCC[C@H](c3ncccc3Cl)N2)n1. The van der Waals surface area contributed by atoms with Gasteiger partial charge in [-0.1, -0.05) is 24.6 Å². The molecule has 0 spiro atoms. The first-order chi connectivity index (χ1) is 12.7. The van der Waals surface area contributed by atoms with E-state index in [9.17, 15) is 0 Å². The van der Waals surface area contributed by atoms with Gasteiger partial charge in [0, 0.05) is 23.9 Å². The van der Waals surface area contributed by atoms with Gasteiger partial charge in [-0.25, -0.2) is 4.98 Å². The third-order valence-electron chi connectivity index (χ3n) is 4.99. The van der Waals surface area contributed by atoms with E-state index in [4.69, 9.17) is 21.0 Å². The smallest absolute Gasteiger partial charge is 0.180 e. The Kier molecular flexibility index (Phi) is 5.00. The number of hydrogen-bond acceptors (Lipinski definition) is 5. The predicted molar refractivity (Wildman–Crippen MR) is 100.0 cm³/mol. The van der Waals surface area contributed by atoms with E-state index in [1.807, 2.05) is 18.2 Å². The first-order valence-corrected chi connectivity index (χ1v) is 9.31. The Morgan fingerprint density at radius 2 is 2.00 bits per heavy atom. The van der Waals surface area contributed by atoms with Crippen LogP contribution < -0.4 is 5.32 Å². The van der Waals surface area contributed by atoms with Crippen molar-refractivity contribution in [2.24, 2.45) is 0 Å². The van der Waals surface area contributed by atoms with E-state index in [-0.39, 0.29) is 18.0 Å². The molecule has 134 valence electrons. The fraction of sp³-hybridized carbons (Fsp3) is 0.350. The van der Waals surface area contributed by atoms with Gasteiger partial charge in [-0.05, 0) is 43.5 Å². The van der Waals surface area contributed by atoms with E-state index in [1.54, 1.807) is 12.5 Å². The maximum Gasteiger partial charge on any atom is 0.180 e. The molecule has 1 saturated heterocycles. The molecule has 0 saturated carbocycles. The summed E-state index contributed by atoms with van der Waals surface area (Å²) in [7, 11) is 0. The fourth-order valence-electron chi connectivity index (χ4n) is 3.53. The molecule has 5 nitrogen and oxygen atoms in total. The number of nitrogens with one attached hydrogen (secondary N) is 1. The Labute approximate surface area is 157 Å². The third kappa shape index (κ3) is 3.50. The summed E-state index contributed by atoms with van der Waals surface area (Å²) in [5.74, 6) is 0.0957. The summed E-state index contributed by atoms with van der Waals surface area (Å²) in [4.78, 5) is 13.6. The van der Waals surface area contributed by atoms with Crippen molar-refractivity contribution in [1.29, 1.82) is 0 Å². The summed E-state index contributed by atoms with van der Waals surface area (Å²) in [5.41, 5.74) is 3.86. The monoisotopic (exact) mass is 368 g/mol. The molecule has 0 radical (unpaired) electrons. The highest BCUT2D eigenvalue weighted by Crippen LogP contribution is 2.34. The van der Waals surface area contributed by atoms with E-state index < -0.39 is 0 Å². The van der Waals surface area contributed by atoms with Crippen LogP contribution in [0.5, 0.6) is 0 Å². The van der Waals surface area contributed by atoms with Crippen LogP contribution in [0.2, 0.25) is 5.02 Å². The van der Waals surface area contributed by atoms with Crippen molar-refractivity contribution in [3.05, 3.63) is 77.0 Å². The number of halogens is 1. The number of pyridine rings is 2. The zero-order valence-electron chi connectivity index (χ0n) is 14.6. The lowest BCUT2D eigenvalue weighted by Crippen LogP contribution is -2.32. The molecule has 3 atom stereocenters. The van der Waals surface area contributed by atoms with Crippen molar-refractivity contribution in [3.8, 4) is 0 Å². The minimum atomic E-state index is 0.0957. The van der Waals surface area contributed by atoms with Crippen molar-refractivity contribution in [1.82, 2.24) is 20.3 Å². The molecule has 4 rings (SSSR count). The van der Waals surface area contributed by atoms with E-state index in [1.165, 1.54) is 6.39 Å². The molecular formula is C20H21ClN4O. The molecule has 0 aliphatic carbocycles. The average molecular weight is 369 g/mol. The first-order valence-electron chi connectivity index (χ1n) is 8.94. The lowest BCUT2D eigenvalue weighted by Gasteiger charge is -2.31. The minimum absolute atomic E-state index is 0.0957. The van der Waals surface area contributed by atoms with Crippen molar-refractivity contribution >= 4 is 11.6 Å². The van der Waals surface area contributed by atoms with Crippen LogP contribution in [-0.2, 0) is 0 Å². The van der Waals surface area contributed by atoms with E-state index in [0.717, 1.165) is 42.0 Å². The standard InChI is InChI=1S/C20H21ClN4O/c1-13(19-11-26-12-23-19)15-6-2-7-16(24-15)17-8-3-9-18(25-17)20-14(21)5-4-10-22-20/h2,4-7,10-13,17-18,25H,3,8-9H2,1H3/t13?,17-,18+/m0/s1. The first kappa shape index (κ1) is 17.2. The topological polar surface area (TPSA) is 63.8 Å². The highest BCUT2D eigenvalue weighted by atomic mass is 35.5. The third-order valence-corrected chi connectivity index (χ3v) is 5.31. The molecule has 1 aliphatic heterocycles. The summed E-state index contributed by atoms with van der Waals surface area (Å²) in [6.07, 6.45) is 8.12. The Hall–Kier alpha value is -2.24. The van der Waals surface area contributed by atoms with Crippen molar-refractivity contribution in [2.45, 2.75) is 44.2 Å². The molecule has 3 aromatic heterocycles. The Balaban J connectivity index is 1.56. The summed E-state index contributed by atoms with van der Waals surface area (Å²) in [6.45, 7) is 2.09. The summed E-state index contributed by atoms with van der Waals surface area (Å²) >= 11 is 6.34. The molecule has 0 amide bonds. The van der Waals surface area contributed by atoms with Crippen LogP contribution in [0.15, 0.2) is 53.6 Å². The second kappa shape index (κ2) is 7.56. The van der Waals surface area contributed by atoms with Gasteiger partial charge in [0.2, 0.25) is 0 Å². The number of aromatic nitrogens is 3. The molecule has 4 heterocycles. The van der Waals surface area contributed by atoms with E-state index in [0.29, 0.717) is 5.02 Å². The zero-order chi connectivity index (χ0) is 17.9. The highest BCUT2D eigenvalue weighted by Gasteiger charge is 2.27. The molecule has 1 fully saturated rings. The van der Waals surface area contributed by atoms with Gasteiger partial charge in [-0.2, -0.15) is 0 Å².